The normalized spacial score (nSPS) is 18.0. The maximum Gasteiger partial charge on any atom is 0.227 e. The molecule has 3 aromatic rings. The zero-order chi connectivity index (χ0) is 21.5. The van der Waals surface area contributed by atoms with E-state index in [9.17, 15) is 13.2 Å². The molecule has 2 heterocycles. The van der Waals surface area contributed by atoms with E-state index in [1.54, 1.807) is 11.2 Å². The lowest BCUT2D eigenvalue weighted by molar-refractivity contribution is -0.133. The third kappa shape index (κ3) is 4.29. The summed E-state index contributed by atoms with van der Waals surface area (Å²) < 4.78 is 29.9. The quantitative estimate of drug-likeness (QED) is 0.617. The smallest absolute Gasteiger partial charge is 0.227 e. The van der Waals surface area contributed by atoms with Gasteiger partial charge in [-0.2, -0.15) is 0 Å². The van der Waals surface area contributed by atoms with Crippen molar-refractivity contribution in [3.05, 3.63) is 70.5 Å². The largest absolute Gasteiger partial charge is 0.464 e. The van der Waals surface area contributed by atoms with E-state index in [1.165, 1.54) is 0 Å². The first-order valence-corrected chi connectivity index (χ1v) is 12.1. The van der Waals surface area contributed by atoms with Gasteiger partial charge in [0, 0.05) is 23.5 Å². The fourth-order valence-corrected chi connectivity index (χ4v) is 6.08. The minimum atomic E-state index is -3.09. The topological polar surface area (TPSA) is 67.6 Å². The van der Waals surface area contributed by atoms with Crippen LogP contribution >= 0.6 is 0 Å². The zero-order valence-electron chi connectivity index (χ0n) is 17.6. The molecule has 1 aliphatic rings. The van der Waals surface area contributed by atoms with Crippen molar-refractivity contribution in [2.75, 3.05) is 11.5 Å². The van der Waals surface area contributed by atoms with Gasteiger partial charge in [-0.3, -0.25) is 4.79 Å². The van der Waals surface area contributed by atoms with Crippen molar-refractivity contribution in [3.63, 3.8) is 0 Å². The van der Waals surface area contributed by atoms with Gasteiger partial charge in [-0.25, -0.2) is 8.42 Å². The molecule has 1 saturated heterocycles. The van der Waals surface area contributed by atoms with Crippen LogP contribution in [0.5, 0.6) is 0 Å². The molecule has 0 saturated carbocycles. The van der Waals surface area contributed by atoms with E-state index in [0.717, 1.165) is 38.8 Å². The second kappa shape index (κ2) is 7.91. The van der Waals surface area contributed by atoms with Crippen molar-refractivity contribution in [3.8, 4) is 0 Å². The predicted octanol–water partition coefficient (Wildman–Crippen LogP) is 4.12. The Labute approximate surface area is 177 Å². The molecular formula is C24H27NO4S. The Morgan fingerprint density at radius 2 is 1.83 bits per heavy atom. The Morgan fingerprint density at radius 3 is 2.50 bits per heavy atom. The van der Waals surface area contributed by atoms with Gasteiger partial charge in [-0.15, -0.1) is 0 Å². The number of aryl methyl sites for hydroxylation is 3. The molecule has 1 aliphatic heterocycles. The summed E-state index contributed by atoms with van der Waals surface area (Å²) in [6.45, 7) is 6.47. The highest BCUT2D eigenvalue weighted by Crippen LogP contribution is 2.28. The molecule has 1 unspecified atom stereocenters. The van der Waals surface area contributed by atoms with Crippen LogP contribution in [0.2, 0.25) is 0 Å². The van der Waals surface area contributed by atoms with E-state index in [0.29, 0.717) is 13.0 Å². The maximum absolute atomic E-state index is 13.4. The van der Waals surface area contributed by atoms with E-state index in [-0.39, 0.29) is 29.9 Å². The number of furan rings is 1. The van der Waals surface area contributed by atoms with Crippen molar-refractivity contribution in [2.45, 2.75) is 46.2 Å². The standard InChI is InChI=1S/C24H27NO4S/c1-16-4-6-19(7-5-16)13-25(21-8-9-30(27,28)15-21)23(26)12-20-14-29-22-11-17(2)10-18(3)24(20)22/h4-7,10-11,14,21H,8-9,12-13,15H2,1-3H3. The summed E-state index contributed by atoms with van der Waals surface area (Å²) in [5, 5.41) is 0.975. The molecule has 5 nitrogen and oxygen atoms in total. The Hall–Kier alpha value is -2.60. The van der Waals surface area contributed by atoms with E-state index in [1.807, 2.05) is 51.1 Å². The second-order valence-corrected chi connectivity index (χ2v) is 10.7. The predicted molar refractivity (Wildman–Crippen MR) is 118 cm³/mol. The Bertz CT molecular complexity index is 1190. The van der Waals surface area contributed by atoms with Gasteiger partial charge in [0.2, 0.25) is 5.91 Å². The highest BCUT2D eigenvalue weighted by molar-refractivity contribution is 7.91. The molecule has 6 heteroatoms. The number of carbonyl (C=O) groups is 1. The molecule has 0 bridgehead atoms. The van der Waals surface area contributed by atoms with Crippen LogP contribution in [0.25, 0.3) is 11.0 Å². The lowest BCUT2D eigenvalue weighted by Crippen LogP contribution is -2.41. The van der Waals surface area contributed by atoms with Gasteiger partial charge in [-0.05, 0) is 49.9 Å². The van der Waals surface area contributed by atoms with Gasteiger partial charge in [0.1, 0.15) is 5.58 Å². The summed E-state index contributed by atoms with van der Waals surface area (Å²) in [6, 6.07) is 11.8. The summed E-state index contributed by atoms with van der Waals surface area (Å²) in [5.41, 5.74) is 5.98. The average Bonchev–Trinajstić information content (AvgIpc) is 3.24. The SMILES string of the molecule is Cc1ccc(CN(C(=O)Cc2coc3cc(C)cc(C)c23)C2CCS(=O)(=O)C2)cc1. The van der Waals surface area contributed by atoms with Gasteiger partial charge < -0.3 is 9.32 Å². The van der Waals surface area contributed by atoms with Gasteiger partial charge in [0.25, 0.3) is 0 Å². The molecule has 2 aromatic carbocycles. The Morgan fingerprint density at radius 1 is 1.10 bits per heavy atom. The number of hydrogen-bond donors (Lipinski definition) is 0. The molecule has 4 rings (SSSR count). The fraction of sp³-hybridized carbons (Fsp3) is 0.375. The molecule has 0 spiro atoms. The van der Waals surface area contributed by atoms with Gasteiger partial charge in [-0.1, -0.05) is 35.9 Å². The molecular weight excluding hydrogens is 398 g/mol. The fourth-order valence-electron chi connectivity index (χ4n) is 4.35. The van der Waals surface area contributed by atoms with Gasteiger partial charge >= 0.3 is 0 Å². The van der Waals surface area contributed by atoms with Crippen molar-refractivity contribution in [2.24, 2.45) is 0 Å². The Balaban J connectivity index is 1.63. The van der Waals surface area contributed by atoms with Crippen LogP contribution in [-0.2, 0) is 27.6 Å². The molecule has 1 aromatic heterocycles. The first-order chi connectivity index (χ1) is 14.2. The number of rotatable bonds is 5. The summed E-state index contributed by atoms with van der Waals surface area (Å²) in [4.78, 5) is 15.1. The lowest BCUT2D eigenvalue weighted by atomic mass is 10.0. The number of fused-ring (bicyclic) bond motifs is 1. The van der Waals surface area contributed by atoms with Crippen LogP contribution < -0.4 is 0 Å². The van der Waals surface area contributed by atoms with Crippen molar-refractivity contribution in [1.29, 1.82) is 0 Å². The number of nitrogens with zero attached hydrogens (tertiary/aromatic N) is 1. The zero-order valence-corrected chi connectivity index (χ0v) is 18.5. The minimum Gasteiger partial charge on any atom is -0.464 e. The van der Waals surface area contributed by atoms with Crippen molar-refractivity contribution in [1.82, 2.24) is 4.90 Å². The van der Waals surface area contributed by atoms with Crippen LogP contribution in [-0.4, -0.2) is 36.8 Å². The first kappa shape index (κ1) is 20.7. The van der Waals surface area contributed by atoms with Gasteiger partial charge in [0.05, 0.1) is 24.2 Å². The molecule has 1 atom stereocenters. The first-order valence-electron chi connectivity index (χ1n) is 10.2. The molecule has 30 heavy (non-hydrogen) atoms. The molecule has 0 radical (unpaired) electrons. The highest BCUT2D eigenvalue weighted by Gasteiger charge is 2.35. The third-order valence-corrected chi connectivity index (χ3v) is 7.63. The molecule has 0 N–H and O–H groups in total. The van der Waals surface area contributed by atoms with E-state index < -0.39 is 9.84 Å². The minimum absolute atomic E-state index is 0.0367. The number of benzene rings is 2. The number of amides is 1. The third-order valence-electron chi connectivity index (χ3n) is 5.88. The van der Waals surface area contributed by atoms with Crippen molar-refractivity contribution >= 4 is 26.7 Å². The highest BCUT2D eigenvalue weighted by atomic mass is 32.2. The van der Waals surface area contributed by atoms with E-state index >= 15 is 0 Å². The number of sulfone groups is 1. The molecule has 1 amide bonds. The average molecular weight is 426 g/mol. The van der Waals surface area contributed by atoms with E-state index in [2.05, 4.69) is 6.07 Å². The van der Waals surface area contributed by atoms with Crippen molar-refractivity contribution < 1.29 is 17.6 Å². The van der Waals surface area contributed by atoms with Crippen LogP contribution in [0.4, 0.5) is 0 Å². The second-order valence-electron chi connectivity index (χ2n) is 8.46. The number of carbonyl (C=O) groups excluding carboxylic acids is 1. The summed E-state index contributed by atoms with van der Waals surface area (Å²) in [5.74, 6) is 0.109. The monoisotopic (exact) mass is 425 g/mol. The molecule has 158 valence electrons. The molecule has 1 fully saturated rings. The summed E-state index contributed by atoms with van der Waals surface area (Å²) >= 11 is 0. The molecule has 0 aliphatic carbocycles. The summed E-state index contributed by atoms with van der Waals surface area (Å²) in [6.07, 6.45) is 2.34. The Kier molecular flexibility index (Phi) is 5.45. The van der Waals surface area contributed by atoms with Gasteiger partial charge in [0.15, 0.2) is 9.84 Å². The lowest BCUT2D eigenvalue weighted by Gasteiger charge is -2.28. The maximum atomic E-state index is 13.4. The van der Waals surface area contributed by atoms with Crippen LogP contribution in [0, 0.1) is 20.8 Å². The van der Waals surface area contributed by atoms with Crippen LogP contribution in [0.3, 0.4) is 0 Å². The number of hydrogen-bond acceptors (Lipinski definition) is 4. The van der Waals surface area contributed by atoms with Crippen LogP contribution in [0.15, 0.2) is 47.1 Å². The summed E-state index contributed by atoms with van der Waals surface area (Å²) in [7, 11) is -3.09. The van der Waals surface area contributed by atoms with Crippen LogP contribution in [0.1, 0.15) is 34.2 Å². The van der Waals surface area contributed by atoms with E-state index in [4.69, 9.17) is 4.42 Å².